The minimum absolute atomic E-state index is 0.00133. The monoisotopic (exact) mass is 269 g/mol. The lowest BCUT2D eigenvalue weighted by Gasteiger charge is -2.10. The number of rotatable bonds is 6. The number of carbonyl (C=O) groups is 2. The van der Waals surface area contributed by atoms with Gasteiger partial charge < -0.3 is 15.2 Å². The Morgan fingerprint density at radius 2 is 2.16 bits per heavy atom. The van der Waals surface area contributed by atoms with Crippen LogP contribution in [0.4, 0.5) is 4.39 Å². The van der Waals surface area contributed by atoms with Gasteiger partial charge in [-0.2, -0.15) is 0 Å². The van der Waals surface area contributed by atoms with E-state index in [-0.39, 0.29) is 18.9 Å². The van der Waals surface area contributed by atoms with Crippen molar-refractivity contribution in [3.8, 4) is 5.75 Å². The van der Waals surface area contributed by atoms with E-state index in [0.29, 0.717) is 0 Å². The molecule has 1 amide bonds. The Morgan fingerprint density at radius 1 is 1.47 bits per heavy atom. The van der Waals surface area contributed by atoms with Crippen molar-refractivity contribution in [1.82, 2.24) is 5.32 Å². The fourth-order valence-electron chi connectivity index (χ4n) is 1.27. The fraction of sp³-hybridized carbons (Fsp3) is 0.385. The normalized spacial score (nSPS) is 11.7. The summed E-state index contributed by atoms with van der Waals surface area (Å²) in [6.45, 7) is 2.91. The summed E-state index contributed by atoms with van der Waals surface area (Å²) in [5.41, 5.74) is 0.816. The molecule has 0 aromatic heterocycles. The summed E-state index contributed by atoms with van der Waals surface area (Å²) in [4.78, 5) is 21.9. The van der Waals surface area contributed by atoms with Crippen LogP contribution in [0.2, 0.25) is 0 Å². The van der Waals surface area contributed by atoms with E-state index in [4.69, 9.17) is 9.84 Å². The molecule has 0 aliphatic heterocycles. The third kappa shape index (κ3) is 4.95. The van der Waals surface area contributed by atoms with Gasteiger partial charge in [-0.3, -0.25) is 9.59 Å². The Hall–Kier alpha value is -2.11. The van der Waals surface area contributed by atoms with Gasteiger partial charge in [0.1, 0.15) is 0 Å². The van der Waals surface area contributed by atoms with Gasteiger partial charge in [0.25, 0.3) is 5.91 Å². The SMILES string of the molecule is Cc1ccc(F)c(OCC(=O)NCC(C)C(=O)O)c1. The van der Waals surface area contributed by atoms with Crippen LogP contribution in [0.25, 0.3) is 0 Å². The molecule has 19 heavy (non-hydrogen) atoms. The maximum Gasteiger partial charge on any atom is 0.308 e. The third-order valence-electron chi connectivity index (χ3n) is 2.47. The maximum atomic E-state index is 13.3. The Balaban J connectivity index is 2.42. The number of halogens is 1. The van der Waals surface area contributed by atoms with Crippen molar-refractivity contribution in [2.24, 2.45) is 5.92 Å². The summed E-state index contributed by atoms with van der Waals surface area (Å²) in [6, 6.07) is 4.34. The molecule has 1 aromatic rings. The van der Waals surface area contributed by atoms with E-state index in [1.165, 1.54) is 19.1 Å². The zero-order chi connectivity index (χ0) is 14.4. The second kappa shape index (κ2) is 6.72. The first-order valence-electron chi connectivity index (χ1n) is 5.78. The molecule has 2 N–H and O–H groups in total. The molecule has 104 valence electrons. The average Bonchev–Trinajstić information content (AvgIpc) is 2.36. The Kier molecular flexibility index (Phi) is 5.29. The van der Waals surface area contributed by atoms with Crippen molar-refractivity contribution in [2.45, 2.75) is 13.8 Å². The van der Waals surface area contributed by atoms with Gasteiger partial charge in [0.2, 0.25) is 0 Å². The second-order valence-corrected chi connectivity index (χ2v) is 4.27. The molecule has 1 aromatic carbocycles. The molecule has 5 nitrogen and oxygen atoms in total. The molecule has 0 bridgehead atoms. The highest BCUT2D eigenvalue weighted by atomic mass is 19.1. The van der Waals surface area contributed by atoms with E-state index in [2.05, 4.69) is 5.32 Å². The smallest absolute Gasteiger partial charge is 0.308 e. The van der Waals surface area contributed by atoms with Gasteiger partial charge in [0.05, 0.1) is 5.92 Å². The Bertz CT molecular complexity index is 476. The molecule has 0 radical (unpaired) electrons. The molecular formula is C13H16FNO4. The second-order valence-electron chi connectivity index (χ2n) is 4.27. The van der Waals surface area contributed by atoms with Crippen molar-refractivity contribution in [2.75, 3.05) is 13.2 Å². The van der Waals surface area contributed by atoms with E-state index in [9.17, 15) is 14.0 Å². The van der Waals surface area contributed by atoms with Crippen LogP contribution in [-0.4, -0.2) is 30.1 Å². The zero-order valence-corrected chi connectivity index (χ0v) is 10.8. The first kappa shape index (κ1) is 14.9. The van der Waals surface area contributed by atoms with Crippen molar-refractivity contribution in [3.05, 3.63) is 29.6 Å². The van der Waals surface area contributed by atoms with Gasteiger partial charge in [-0.1, -0.05) is 13.0 Å². The van der Waals surface area contributed by atoms with Crippen molar-refractivity contribution in [3.63, 3.8) is 0 Å². The average molecular weight is 269 g/mol. The van der Waals surface area contributed by atoms with E-state index in [0.717, 1.165) is 5.56 Å². The number of ether oxygens (including phenoxy) is 1. The first-order valence-corrected chi connectivity index (χ1v) is 5.78. The van der Waals surface area contributed by atoms with E-state index >= 15 is 0 Å². The van der Waals surface area contributed by atoms with Gasteiger partial charge in [0.15, 0.2) is 18.2 Å². The number of aliphatic carboxylic acids is 1. The molecular weight excluding hydrogens is 253 g/mol. The van der Waals surface area contributed by atoms with E-state index < -0.39 is 23.6 Å². The molecule has 6 heteroatoms. The Morgan fingerprint density at radius 3 is 2.79 bits per heavy atom. The minimum atomic E-state index is -0.994. The first-order chi connectivity index (χ1) is 8.90. The van der Waals surface area contributed by atoms with E-state index in [1.807, 2.05) is 0 Å². The molecule has 1 rings (SSSR count). The van der Waals surface area contributed by atoms with Crippen LogP contribution in [0, 0.1) is 18.7 Å². The third-order valence-corrected chi connectivity index (χ3v) is 2.47. The number of amides is 1. The number of aryl methyl sites for hydroxylation is 1. The lowest BCUT2D eigenvalue weighted by molar-refractivity contribution is -0.141. The lowest BCUT2D eigenvalue weighted by atomic mass is 10.2. The Labute approximate surface area is 110 Å². The van der Waals surface area contributed by atoms with Gasteiger partial charge in [-0.15, -0.1) is 0 Å². The van der Waals surface area contributed by atoms with E-state index in [1.54, 1.807) is 13.0 Å². The van der Waals surface area contributed by atoms with Gasteiger partial charge in [-0.25, -0.2) is 4.39 Å². The molecule has 0 aliphatic carbocycles. The zero-order valence-electron chi connectivity index (χ0n) is 10.8. The van der Waals surface area contributed by atoms with Crippen molar-refractivity contribution >= 4 is 11.9 Å². The predicted molar refractivity (Wildman–Crippen MR) is 66.4 cm³/mol. The maximum absolute atomic E-state index is 13.3. The van der Waals surface area contributed by atoms with Crippen LogP contribution in [0.15, 0.2) is 18.2 Å². The van der Waals surface area contributed by atoms with Gasteiger partial charge in [0, 0.05) is 6.54 Å². The predicted octanol–water partition coefficient (Wildman–Crippen LogP) is 1.35. The number of hydrogen-bond acceptors (Lipinski definition) is 3. The van der Waals surface area contributed by atoms with Crippen LogP contribution in [0.1, 0.15) is 12.5 Å². The summed E-state index contributed by atoms with van der Waals surface area (Å²) < 4.78 is 18.3. The van der Waals surface area contributed by atoms with Gasteiger partial charge in [-0.05, 0) is 24.6 Å². The number of benzene rings is 1. The number of carbonyl (C=O) groups excluding carboxylic acids is 1. The minimum Gasteiger partial charge on any atom is -0.481 e. The van der Waals surface area contributed by atoms with Crippen LogP contribution in [0.3, 0.4) is 0 Å². The van der Waals surface area contributed by atoms with Crippen LogP contribution < -0.4 is 10.1 Å². The molecule has 1 atom stereocenters. The highest BCUT2D eigenvalue weighted by molar-refractivity contribution is 5.78. The lowest BCUT2D eigenvalue weighted by Crippen LogP contribution is -2.34. The standard InChI is InChI=1S/C13H16FNO4/c1-8-3-4-10(14)11(5-8)19-7-12(16)15-6-9(2)13(17)18/h3-5,9H,6-7H2,1-2H3,(H,15,16)(H,17,18). The van der Waals surface area contributed by atoms with Gasteiger partial charge >= 0.3 is 5.97 Å². The summed E-state index contributed by atoms with van der Waals surface area (Å²) >= 11 is 0. The molecule has 0 fully saturated rings. The van der Waals surface area contributed by atoms with Crippen LogP contribution in [0.5, 0.6) is 5.75 Å². The largest absolute Gasteiger partial charge is 0.481 e. The summed E-state index contributed by atoms with van der Waals surface area (Å²) in [5, 5.41) is 11.0. The fourth-order valence-corrected chi connectivity index (χ4v) is 1.27. The molecule has 0 aliphatic rings. The summed E-state index contributed by atoms with van der Waals surface area (Å²) in [5.74, 6) is -2.71. The molecule has 0 saturated heterocycles. The molecule has 0 spiro atoms. The van der Waals surface area contributed by atoms with Crippen LogP contribution in [-0.2, 0) is 9.59 Å². The summed E-state index contributed by atoms with van der Waals surface area (Å²) in [7, 11) is 0. The quantitative estimate of drug-likeness (QED) is 0.817. The van der Waals surface area contributed by atoms with Crippen molar-refractivity contribution < 1.29 is 23.8 Å². The molecule has 0 saturated carbocycles. The number of carboxylic acids is 1. The summed E-state index contributed by atoms with van der Waals surface area (Å²) in [6.07, 6.45) is 0. The number of hydrogen-bond donors (Lipinski definition) is 2. The highest BCUT2D eigenvalue weighted by Gasteiger charge is 2.13. The van der Waals surface area contributed by atoms with Crippen LogP contribution >= 0.6 is 0 Å². The number of carboxylic acid groups (broad SMARTS) is 1. The highest BCUT2D eigenvalue weighted by Crippen LogP contribution is 2.17. The molecule has 1 unspecified atom stereocenters. The topological polar surface area (TPSA) is 75.6 Å². The molecule has 0 heterocycles. The van der Waals surface area contributed by atoms with Crippen molar-refractivity contribution in [1.29, 1.82) is 0 Å². The number of nitrogens with one attached hydrogen (secondary N) is 1.